The molecule has 0 aliphatic heterocycles. The molecule has 0 aromatic heterocycles. The van der Waals surface area contributed by atoms with E-state index in [-0.39, 0.29) is 16.3 Å². The third-order valence-corrected chi connectivity index (χ3v) is 6.42. The first-order chi connectivity index (χ1) is 11.7. The fourth-order valence-corrected chi connectivity index (χ4v) is 3.98. The normalized spacial score (nSPS) is 12.2. The van der Waals surface area contributed by atoms with E-state index in [0.717, 1.165) is 31.1 Å². The molecule has 0 aliphatic carbocycles. The molecule has 0 spiro atoms. The van der Waals surface area contributed by atoms with Crippen LogP contribution in [-0.2, 0) is 32.8 Å². The van der Waals surface area contributed by atoms with Gasteiger partial charge in [-0.25, -0.2) is 21.6 Å². The number of rotatable bonds is 8. The van der Waals surface area contributed by atoms with Crippen molar-refractivity contribution in [1.82, 2.24) is 4.72 Å². The first-order valence-corrected chi connectivity index (χ1v) is 11.5. The van der Waals surface area contributed by atoms with E-state index in [2.05, 4.69) is 11.6 Å². The van der Waals surface area contributed by atoms with Crippen molar-refractivity contribution in [2.45, 2.75) is 42.5 Å². The lowest BCUT2D eigenvalue weighted by atomic mass is 10.1. The maximum absolute atomic E-state index is 12.4. The number of unbranched alkanes of at least 4 members (excludes halogenated alkanes) is 1. The van der Waals surface area contributed by atoms with E-state index in [0.29, 0.717) is 5.56 Å². The zero-order chi connectivity index (χ0) is 18.5. The monoisotopic (exact) mass is 381 g/mol. The second-order valence-electron chi connectivity index (χ2n) is 5.99. The lowest BCUT2D eigenvalue weighted by Gasteiger charge is -2.08. The SMILES string of the molecule is CCCCc1ccc(S(=O)(=O)NCc2ccc(S(C)(=O)=O)cc2)cc1. The van der Waals surface area contributed by atoms with Gasteiger partial charge < -0.3 is 0 Å². The largest absolute Gasteiger partial charge is 0.240 e. The summed E-state index contributed by atoms with van der Waals surface area (Å²) in [6.07, 6.45) is 4.25. The lowest BCUT2D eigenvalue weighted by molar-refractivity contribution is 0.581. The van der Waals surface area contributed by atoms with Gasteiger partial charge in [-0.2, -0.15) is 0 Å². The molecule has 0 atom stereocenters. The fraction of sp³-hybridized carbons (Fsp3) is 0.333. The Morgan fingerprint density at radius 2 is 1.32 bits per heavy atom. The van der Waals surface area contributed by atoms with Crippen LogP contribution in [0.5, 0.6) is 0 Å². The Morgan fingerprint density at radius 3 is 1.84 bits per heavy atom. The Labute approximate surface area is 150 Å². The smallest absolute Gasteiger partial charge is 0.224 e. The highest BCUT2D eigenvalue weighted by Gasteiger charge is 2.14. The molecule has 0 saturated carbocycles. The molecular weight excluding hydrogens is 358 g/mol. The minimum absolute atomic E-state index is 0.101. The van der Waals surface area contributed by atoms with Crippen LogP contribution in [0.25, 0.3) is 0 Å². The molecule has 2 aromatic rings. The molecule has 0 bridgehead atoms. The summed E-state index contributed by atoms with van der Waals surface area (Å²) in [7, 11) is -6.86. The molecule has 0 heterocycles. The van der Waals surface area contributed by atoms with Gasteiger partial charge in [0.1, 0.15) is 0 Å². The summed E-state index contributed by atoms with van der Waals surface area (Å²) in [6.45, 7) is 2.22. The predicted octanol–water partition coefficient (Wildman–Crippen LogP) is 2.91. The average Bonchev–Trinajstić information content (AvgIpc) is 2.58. The molecule has 0 fully saturated rings. The second-order valence-corrected chi connectivity index (χ2v) is 9.77. The molecule has 7 heteroatoms. The first-order valence-electron chi connectivity index (χ1n) is 8.10. The fourth-order valence-electron chi connectivity index (χ4n) is 2.33. The number of sulfonamides is 1. The highest BCUT2D eigenvalue weighted by Crippen LogP contribution is 2.14. The van der Waals surface area contributed by atoms with Crippen LogP contribution < -0.4 is 4.72 Å². The van der Waals surface area contributed by atoms with E-state index in [1.807, 2.05) is 12.1 Å². The van der Waals surface area contributed by atoms with Crippen molar-refractivity contribution in [3.05, 3.63) is 59.7 Å². The third kappa shape index (κ3) is 5.66. The number of nitrogens with one attached hydrogen (secondary N) is 1. The van der Waals surface area contributed by atoms with Gasteiger partial charge in [-0.05, 0) is 48.2 Å². The van der Waals surface area contributed by atoms with Crippen molar-refractivity contribution in [2.75, 3.05) is 6.26 Å². The molecule has 2 rings (SSSR count). The Bertz CT molecular complexity index is 901. The highest BCUT2D eigenvalue weighted by molar-refractivity contribution is 7.90. The van der Waals surface area contributed by atoms with Crippen molar-refractivity contribution in [2.24, 2.45) is 0 Å². The Balaban J connectivity index is 2.03. The number of aryl methyl sites for hydroxylation is 1. The molecule has 25 heavy (non-hydrogen) atoms. The standard InChI is InChI=1S/C18H23NO4S2/c1-3-4-5-15-6-12-18(13-7-15)25(22,23)19-14-16-8-10-17(11-9-16)24(2,20)21/h6-13,19H,3-5,14H2,1-2H3. The van der Waals surface area contributed by atoms with Gasteiger partial charge in [0.2, 0.25) is 10.0 Å². The minimum Gasteiger partial charge on any atom is -0.224 e. The molecule has 0 unspecified atom stereocenters. The van der Waals surface area contributed by atoms with E-state index in [1.54, 1.807) is 24.3 Å². The number of sulfone groups is 1. The molecule has 5 nitrogen and oxygen atoms in total. The molecule has 0 saturated heterocycles. The summed E-state index contributed by atoms with van der Waals surface area (Å²) < 4.78 is 50.1. The molecule has 0 amide bonds. The van der Waals surface area contributed by atoms with E-state index in [1.165, 1.54) is 12.1 Å². The molecule has 2 aromatic carbocycles. The van der Waals surface area contributed by atoms with Crippen molar-refractivity contribution < 1.29 is 16.8 Å². The van der Waals surface area contributed by atoms with E-state index in [4.69, 9.17) is 0 Å². The third-order valence-electron chi connectivity index (χ3n) is 3.87. The minimum atomic E-state index is -3.60. The van der Waals surface area contributed by atoms with Crippen LogP contribution in [0, 0.1) is 0 Å². The van der Waals surface area contributed by atoms with Crippen molar-refractivity contribution in [3.63, 3.8) is 0 Å². The van der Waals surface area contributed by atoms with Crippen molar-refractivity contribution >= 4 is 19.9 Å². The van der Waals surface area contributed by atoms with E-state index >= 15 is 0 Å². The van der Waals surface area contributed by atoms with Gasteiger partial charge >= 0.3 is 0 Å². The quantitative estimate of drug-likeness (QED) is 0.762. The van der Waals surface area contributed by atoms with Crippen molar-refractivity contribution in [3.8, 4) is 0 Å². The van der Waals surface area contributed by atoms with E-state index < -0.39 is 19.9 Å². The second kappa shape index (κ2) is 8.12. The number of hydrogen-bond acceptors (Lipinski definition) is 4. The van der Waals surface area contributed by atoms with Gasteiger partial charge in [0, 0.05) is 12.8 Å². The van der Waals surface area contributed by atoms with Gasteiger partial charge in [-0.1, -0.05) is 37.6 Å². The van der Waals surface area contributed by atoms with Gasteiger partial charge in [-0.3, -0.25) is 0 Å². The van der Waals surface area contributed by atoms with Gasteiger partial charge in [-0.15, -0.1) is 0 Å². The van der Waals surface area contributed by atoms with Crippen LogP contribution in [-0.4, -0.2) is 23.1 Å². The molecule has 136 valence electrons. The van der Waals surface area contributed by atoms with Crippen LogP contribution in [0.4, 0.5) is 0 Å². The Kier molecular flexibility index (Phi) is 6.37. The maximum Gasteiger partial charge on any atom is 0.240 e. The average molecular weight is 382 g/mol. The molecule has 0 aliphatic rings. The summed E-state index contributed by atoms with van der Waals surface area (Å²) in [4.78, 5) is 0.433. The Hall–Kier alpha value is -1.70. The summed E-state index contributed by atoms with van der Waals surface area (Å²) in [5, 5.41) is 0. The van der Waals surface area contributed by atoms with Gasteiger partial charge in [0.25, 0.3) is 0 Å². The molecular formula is C18H23NO4S2. The van der Waals surface area contributed by atoms with Crippen LogP contribution in [0.15, 0.2) is 58.3 Å². The van der Waals surface area contributed by atoms with Gasteiger partial charge in [0.05, 0.1) is 9.79 Å². The summed E-state index contributed by atoms with van der Waals surface area (Å²) in [5.41, 5.74) is 1.81. The summed E-state index contributed by atoms with van der Waals surface area (Å²) in [5.74, 6) is 0. The number of hydrogen-bond donors (Lipinski definition) is 1. The number of benzene rings is 2. The van der Waals surface area contributed by atoms with Crippen molar-refractivity contribution in [1.29, 1.82) is 0 Å². The van der Waals surface area contributed by atoms with Crippen LogP contribution >= 0.6 is 0 Å². The Morgan fingerprint density at radius 1 is 0.800 bits per heavy atom. The summed E-state index contributed by atoms with van der Waals surface area (Å²) in [6, 6.07) is 13.1. The van der Waals surface area contributed by atoms with Crippen LogP contribution in [0.1, 0.15) is 30.9 Å². The van der Waals surface area contributed by atoms with E-state index in [9.17, 15) is 16.8 Å². The van der Waals surface area contributed by atoms with Crippen LogP contribution in [0.3, 0.4) is 0 Å². The molecule has 0 radical (unpaired) electrons. The zero-order valence-electron chi connectivity index (χ0n) is 14.4. The van der Waals surface area contributed by atoms with Gasteiger partial charge in [0.15, 0.2) is 9.84 Å². The lowest BCUT2D eigenvalue weighted by Crippen LogP contribution is -2.23. The predicted molar refractivity (Wildman–Crippen MR) is 98.6 cm³/mol. The zero-order valence-corrected chi connectivity index (χ0v) is 16.0. The van der Waals surface area contributed by atoms with Crippen LogP contribution in [0.2, 0.25) is 0 Å². The summed E-state index contributed by atoms with van der Waals surface area (Å²) >= 11 is 0. The highest BCUT2D eigenvalue weighted by atomic mass is 32.2. The molecule has 1 N–H and O–H groups in total. The maximum atomic E-state index is 12.4. The first kappa shape index (κ1) is 19.6. The topological polar surface area (TPSA) is 80.3 Å².